The average molecular weight is 814 g/mol. The maximum Gasteiger partial charge on any atom is 0.317 e. The number of nitrogens with two attached hydrogens (primary N) is 2. The number of carbonyl (C=O) groups excluding carboxylic acids is 2. The average Bonchev–Trinajstić information content (AvgIpc) is 3.23. The Labute approximate surface area is 338 Å². The molecule has 0 unspecified atom stereocenters. The molecule has 0 radical (unpaired) electrons. The SMILES string of the molecule is CC.CCl.O=C(NC1CCCCC1)N(Cc1c(F)cccc1F)CC1CC[NH2+]CC1.O=C(NC1CCCCC1)N(Cc1cc(F)ccc1F)CC1CC[NH2+]CC1. The summed E-state index contributed by atoms with van der Waals surface area (Å²) in [5.74, 6) is -1.28. The fourth-order valence-electron chi connectivity index (χ4n) is 8.19. The lowest BCUT2D eigenvalue weighted by atomic mass is 9.95. The zero-order valence-corrected chi connectivity index (χ0v) is 34.8. The molecule has 4 amide bonds. The molecule has 13 heteroatoms. The summed E-state index contributed by atoms with van der Waals surface area (Å²) in [4.78, 5) is 29.1. The van der Waals surface area contributed by atoms with Crippen molar-refractivity contribution in [2.45, 2.75) is 129 Å². The first kappa shape index (κ1) is 47.3. The van der Waals surface area contributed by atoms with Crippen LogP contribution in [0.3, 0.4) is 0 Å². The van der Waals surface area contributed by atoms with E-state index in [1.165, 1.54) is 43.5 Å². The van der Waals surface area contributed by atoms with Crippen molar-refractivity contribution < 1.29 is 37.8 Å². The number of quaternary nitrogens is 2. The molecule has 6 rings (SSSR count). The molecule has 8 nitrogen and oxygen atoms in total. The highest BCUT2D eigenvalue weighted by molar-refractivity contribution is 6.15. The van der Waals surface area contributed by atoms with Crippen LogP contribution in [-0.2, 0) is 13.1 Å². The lowest BCUT2D eigenvalue weighted by Gasteiger charge is -2.32. The van der Waals surface area contributed by atoms with Crippen molar-refractivity contribution in [3.05, 3.63) is 70.8 Å². The van der Waals surface area contributed by atoms with E-state index in [-0.39, 0.29) is 48.4 Å². The number of amides is 4. The molecule has 2 saturated carbocycles. The number of alkyl halides is 1. The summed E-state index contributed by atoms with van der Waals surface area (Å²) in [6, 6.07) is 7.38. The van der Waals surface area contributed by atoms with E-state index in [1.807, 2.05) is 13.8 Å². The molecule has 2 saturated heterocycles. The lowest BCUT2D eigenvalue weighted by molar-refractivity contribution is -0.665. The Morgan fingerprint density at radius 3 is 1.50 bits per heavy atom. The molecule has 2 aromatic rings. The van der Waals surface area contributed by atoms with Gasteiger partial charge in [-0.15, -0.1) is 11.6 Å². The van der Waals surface area contributed by atoms with Crippen LogP contribution in [0.5, 0.6) is 0 Å². The van der Waals surface area contributed by atoms with Crippen molar-refractivity contribution in [3.63, 3.8) is 0 Å². The molecule has 0 atom stereocenters. The second-order valence-electron chi connectivity index (χ2n) is 15.4. The van der Waals surface area contributed by atoms with Crippen molar-refractivity contribution in [3.8, 4) is 0 Å². The molecule has 0 bridgehead atoms. The number of piperidine rings is 2. The predicted octanol–water partition coefficient (Wildman–Crippen LogP) is 7.45. The number of carbonyl (C=O) groups is 2. The molecule has 2 aliphatic carbocycles. The molecule has 4 fully saturated rings. The number of hydrogen-bond donors (Lipinski definition) is 4. The summed E-state index contributed by atoms with van der Waals surface area (Å²) >= 11 is 4.64. The van der Waals surface area contributed by atoms with E-state index in [1.54, 1.807) is 9.80 Å². The second kappa shape index (κ2) is 26.8. The largest absolute Gasteiger partial charge is 0.346 e. The summed E-state index contributed by atoms with van der Waals surface area (Å²) in [6.45, 7) is 9.49. The smallest absolute Gasteiger partial charge is 0.317 e. The van der Waals surface area contributed by atoms with E-state index >= 15 is 0 Å². The molecule has 56 heavy (non-hydrogen) atoms. The number of urea groups is 2. The van der Waals surface area contributed by atoms with Gasteiger partial charge in [-0.25, -0.2) is 27.2 Å². The van der Waals surface area contributed by atoms with Gasteiger partial charge >= 0.3 is 12.1 Å². The topological polar surface area (TPSA) is 97.9 Å². The number of nitrogens with zero attached hydrogens (tertiary/aromatic N) is 2. The molecule has 6 N–H and O–H groups in total. The van der Waals surface area contributed by atoms with Gasteiger partial charge in [0.25, 0.3) is 0 Å². The van der Waals surface area contributed by atoms with Crippen molar-refractivity contribution in [1.82, 2.24) is 20.4 Å². The Balaban J connectivity index is 0.000000276. The monoisotopic (exact) mass is 813 g/mol. The highest BCUT2D eigenvalue weighted by Crippen LogP contribution is 2.22. The van der Waals surface area contributed by atoms with Crippen LogP contribution < -0.4 is 21.3 Å². The zero-order valence-electron chi connectivity index (χ0n) is 34.1. The summed E-state index contributed by atoms with van der Waals surface area (Å²) in [5, 5.41) is 10.8. The van der Waals surface area contributed by atoms with Crippen molar-refractivity contribution in [2.24, 2.45) is 11.8 Å². The maximum atomic E-state index is 14.1. The normalized spacial score (nSPS) is 18.1. The fraction of sp³-hybridized carbons (Fsp3) is 0.674. The van der Waals surface area contributed by atoms with E-state index in [4.69, 9.17) is 0 Å². The Hall–Kier alpha value is -3.09. The van der Waals surface area contributed by atoms with Crippen LogP contribution in [0.25, 0.3) is 0 Å². The molecule has 2 aliphatic heterocycles. The molecule has 0 aromatic heterocycles. The Bertz CT molecular complexity index is 1400. The van der Waals surface area contributed by atoms with Gasteiger partial charge in [-0.1, -0.05) is 58.4 Å². The van der Waals surface area contributed by atoms with Gasteiger partial charge in [-0.3, -0.25) is 0 Å². The zero-order chi connectivity index (χ0) is 40.7. The number of benzene rings is 2. The van der Waals surface area contributed by atoms with Crippen LogP contribution in [0.1, 0.15) is 115 Å². The van der Waals surface area contributed by atoms with E-state index in [9.17, 15) is 27.2 Å². The van der Waals surface area contributed by atoms with Gasteiger partial charge in [0.15, 0.2) is 0 Å². The first-order chi connectivity index (χ1) is 27.2. The van der Waals surface area contributed by atoms with Gasteiger partial charge in [0.2, 0.25) is 0 Å². The van der Waals surface area contributed by atoms with E-state index in [0.717, 1.165) is 115 Å². The van der Waals surface area contributed by atoms with Crippen molar-refractivity contribution in [1.29, 1.82) is 0 Å². The summed E-state index contributed by atoms with van der Waals surface area (Å²) in [7, 11) is 0. The predicted molar refractivity (Wildman–Crippen MR) is 216 cm³/mol. The van der Waals surface area contributed by atoms with Gasteiger partial charge < -0.3 is 31.1 Å². The van der Waals surface area contributed by atoms with Crippen LogP contribution in [-0.4, -0.2) is 79.6 Å². The minimum absolute atomic E-state index is 0.0166. The third-order valence-corrected chi connectivity index (χ3v) is 11.3. The van der Waals surface area contributed by atoms with Crippen LogP contribution in [0.4, 0.5) is 27.2 Å². The molecular weight excluding hydrogens is 744 g/mol. The van der Waals surface area contributed by atoms with Gasteiger partial charge in [0.05, 0.1) is 39.3 Å². The van der Waals surface area contributed by atoms with Crippen LogP contribution in [0.2, 0.25) is 0 Å². The Morgan fingerprint density at radius 2 is 1.05 bits per heavy atom. The third kappa shape index (κ3) is 16.4. The fourth-order valence-corrected chi connectivity index (χ4v) is 8.19. The molecule has 2 heterocycles. The molecule has 2 aromatic carbocycles. The lowest BCUT2D eigenvalue weighted by Crippen LogP contribution is -2.86. The highest BCUT2D eigenvalue weighted by atomic mass is 35.5. The van der Waals surface area contributed by atoms with Gasteiger partial charge in [0, 0.05) is 68.4 Å². The van der Waals surface area contributed by atoms with Gasteiger partial charge in [-0.05, 0) is 67.9 Å². The minimum atomic E-state index is -0.586. The number of nitrogens with one attached hydrogen (secondary N) is 2. The summed E-state index contributed by atoms with van der Waals surface area (Å²) < 4.78 is 55.9. The summed E-state index contributed by atoms with van der Waals surface area (Å²) in [5.41, 5.74) is 0.222. The van der Waals surface area contributed by atoms with Gasteiger partial charge in [0.1, 0.15) is 23.3 Å². The number of halogens is 5. The summed E-state index contributed by atoms with van der Waals surface area (Å²) in [6.07, 6.45) is 16.6. The van der Waals surface area contributed by atoms with E-state index < -0.39 is 23.3 Å². The van der Waals surface area contributed by atoms with E-state index in [0.29, 0.717) is 24.9 Å². The van der Waals surface area contributed by atoms with Crippen molar-refractivity contribution >= 4 is 23.7 Å². The molecule has 0 spiro atoms. The Kier molecular flexibility index (Phi) is 22.6. The van der Waals surface area contributed by atoms with E-state index in [2.05, 4.69) is 32.9 Å². The standard InChI is InChI=1S/2C20H29F2N3O.C2H6.CH3Cl/c21-18-7-4-8-19(22)17(18)14-25(13-15-9-11-23-12-10-15)20(26)24-16-5-2-1-3-6-16;21-17-6-7-19(22)16(12-17)14-25(13-15-8-10-23-11-9-15)20(26)24-18-4-2-1-3-5-18;2*1-2/h4,7-8,15-16,23H,1-3,5-6,9-14H2,(H,24,26);6-7,12,15,18,23H,1-5,8-11,13-14H2,(H,24,26);1-2H3;1H3/p+2. The van der Waals surface area contributed by atoms with Crippen LogP contribution >= 0.6 is 11.6 Å². The highest BCUT2D eigenvalue weighted by Gasteiger charge is 2.28. The van der Waals surface area contributed by atoms with Crippen LogP contribution in [0, 0.1) is 35.1 Å². The van der Waals surface area contributed by atoms with Crippen molar-refractivity contribution in [2.75, 3.05) is 45.7 Å². The first-order valence-electron chi connectivity index (χ1n) is 21.2. The molecule has 316 valence electrons. The minimum Gasteiger partial charge on any atom is -0.346 e. The second-order valence-corrected chi connectivity index (χ2v) is 15.4. The number of hydrogen-bond acceptors (Lipinski definition) is 2. The Morgan fingerprint density at radius 1 is 0.625 bits per heavy atom. The molecular formula is C43H69ClF4N6O2+2. The van der Waals surface area contributed by atoms with Crippen LogP contribution in [0.15, 0.2) is 36.4 Å². The first-order valence-corrected chi connectivity index (χ1v) is 22.0. The number of rotatable bonds is 10. The third-order valence-electron chi connectivity index (χ3n) is 11.3. The quantitative estimate of drug-likeness (QED) is 0.148. The van der Waals surface area contributed by atoms with Gasteiger partial charge in [-0.2, -0.15) is 0 Å². The maximum absolute atomic E-state index is 14.1. The molecule has 4 aliphatic rings.